The quantitative estimate of drug-likeness (QED) is 0.655. The van der Waals surface area contributed by atoms with Gasteiger partial charge in [0.15, 0.2) is 5.58 Å². The smallest absolute Gasteiger partial charge is 0.167 e. The van der Waals surface area contributed by atoms with Crippen LogP contribution in [0.25, 0.3) is 22.2 Å². The summed E-state index contributed by atoms with van der Waals surface area (Å²) in [5, 5.41) is 5.18. The number of hydrogen-bond acceptors (Lipinski definition) is 2. The zero-order chi connectivity index (χ0) is 11.8. The Morgan fingerprint density at radius 3 is 2.82 bits per heavy atom. The van der Waals surface area contributed by atoms with Crippen molar-refractivity contribution in [2.24, 2.45) is 0 Å². The van der Waals surface area contributed by atoms with Crippen LogP contribution in [-0.2, 0) is 0 Å². The first-order valence-electron chi connectivity index (χ1n) is 5.36. The molecule has 1 aromatic heterocycles. The molecule has 2 aromatic carbocycles. The van der Waals surface area contributed by atoms with Gasteiger partial charge in [0.2, 0.25) is 0 Å². The molecule has 3 aromatic rings. The van der Waals surface area contributed by atoms with E-state index < -0.39 is 0 Å². The van der Waals surface area contributed by atoms with Crippen LogP contribution >= 0.6 is 15.9 Å². The summed E-state index contributed by atoms with van der Waals surface area (Å²) in [7, 11) is 0. The van der Waals surface area contributed by atoms with E-state index in [0.29, 0.717) is 0 Å². The minimum absolute atomic E-state index is 0.810. The van der Waals surface area contributed by atoms with Crippen LogP contribution in [0.4, 0.5) is 0 Å². The summed E-state index contributed by atoms with van der Waals surface area (Å²) in [6, 6.07) is 14.2. The van der Waals surface area contributed by atoms with Crippen molar-refractivity contribution < 1.29 is 4.52 Å². The van der Waals surface area contributed by atoms with Gasteiger partial charge in [-0.3, -0.25) is 0 Å². The van der Waals surface area contributed by atoms with Crippen molar-refractivity contribution in [3.8, 4) is 11.3 Å². The lowest BCUT2D eigenvalue weighted by atomic mass is 10.1. The molecular formula is C14H10BrNO. The van der Waals surface area contributed by atoms with E-state index in [1.165, 1.54) is 5.56 Å². The van der Waals surface area contributed by atoms with Crippen LogP contribution in [0.1, 0.15) is 5.56 Å². The van der Waals surface area contributed by atoms with Crippen LogP contribution in [0.2, 0.25) is 0 Å². The standard InChI is InChI=1S/C14H10BrNO/c1-9-3-2-4-10(7-9)14-12-8-11(15)5-6-13(12)17-16-14/h2-8H,1H3. The Labute approximate surface area is 107 Å². The van der Waals surface area contributed by atoms with Crippen LogP contribution in [-0.4, -0.2) is 5.16 Å². The van der Waals surface area contributed by atoms with E-state index in [4.69, 9.17) is 4.52 Å². The zero-order valence-corrected chi connectivity index (χ0v) is 10.9. The summed E-state index contributed by atoms with van der Waals surface area (Å²) in [6.07, 6.45) is 0. The molecule has 3 heteroatoms. The Hall–Kier alpha value is -1.61. The Balaban J connectivity index is 2.27. The fourth-order valence-corrected chi connectivity index (χ4v) is 2.27. The molecule has 0 fully saturated rings. The van der Waals surface area contributed by atoms with Gasteiger partial charge in [-0.25, -0.2) is 0 Å². The number of halogens is 1. The summed E-state index contributed by atoms with van der Waals surface area (Å²) in [5.74, 6) is 0. The van der Waals surface area contributed by atoms with Crippen LogP contribution < -0.4 is 0 Å². The molecule has 0 radical (unpaired) electrons. The van der Waals surface area contributed by atoms with Crippen molar-refractivity contribution in [2.75, 3.05) is 0 Å². The van der Waals surface area contributed by atoms with E-state index in [9.17, 15) is 0 Å². The summed E-state index contributed by atoms with van der Waals surface area (Å²) in [6.45, 7) is 2.07. The van der Waals surface area contributed by atoms with Crippen LogP contribution in [0.3, 0.4) is 0 Å². The van der Waals surface area contributed by atoms with Crippen molar-refractivity contribution in [1.82, 2.24) is 5.16 Å². The molecule has 1 heterocycles. The highest BCUT2D eigenvalue weighted by Crippen LogP contribution is 2.30. The van der Waals surface area contributed by atoms with E-state index in [0.717, 1.165) is 26.7 Å². The molecule has 0 atom stereocenters. The SMILES string of the molecule is Cc1cccc(-c2noc3ccc(Br)cc23)c1. The fourth-order valence-electron chi connectivity index (χ4n) is 1.91. The molecule has 0 saturated heterocycles. The number of benzene rings is 2. The lowest BCUT2D eigenvalue weighted by Crippen LogP contribution is -1.79. The predicted octanol–water partition coefficient (Wildman–Crippen LogP) is 4.57. The maximum absolute atomic E-state index is 5.33. The van der Waals surface area contributed by atoms with E-state index >= 15 is 0 Å². The predicted molar refractivity (Wildman–Crippen MR) is 71.9 cm³/mol. The topological polar surface area (TPSA) is 26.0 Å². The molecule has 0 bridgehead atoms. The molecule has 0 saturated carbocycles. The molecule has 0 aliphatic heterocycles. The Morgan fingerprint density at radius 2 is 2.00 bits per heavy atom. The van der Waals surface area contributed by atoms with Crippen molar-refractivity contribution in [3.05, 3.63) is 52.5 Å². The fraction of sp³-hybridized carbons (Fsp3) is 0.0714. The average molecular weight is 288 g/mol. The maximum Gasteiger partial charge on any atom is 0.167 e. The largest absolute Gasteiger partial charge is 0.356 e. The molecule has 17 heavy (non-hydrogen) atoms. The van der Waals surface area contributed by atoms with Crippen molar-refractivity contribution >= 4 is 26.9 Å². The Bertz CT molecular complexity index is 688. The molecule has 84 valence electrons. The Morgan fingerprint density at radius 1 is 1.12 bits per heavy atom. The lowest BCUT2D eigenvalue weighted by Gasteiger charge is -1.98. The minimum atomic E-state index is 0.810. The highest BCUT2D eigenvalue weighted by molar-refractivity contribution is 9.10. The van der Waals surface area contributed by atoms with Gasteiger partial charge in [-0.05, 0) is 31.2 Å². The lowest BCUT2D eigenvalue weighted by molar-refractivity contribution is 0.459. The van der Waals surface area contributed by atoms with Gasteiger partial charge in [-0.1, -0.05) is 44.8 Å². The van der Waals surface area contributed by atoms with Crippen molar-refractivity contribution in [2.45, 2.75) is 6.92 Å². The monoisotopic (exact) mass is 287 g/mol. The molecule has 3 rings (SSSR count). The second-order valence-electron chi connectivity index (χ2n) is 4.04. The first-order valence-corrected chi connectivity index (χ1v) is 6.15. The number of rotatable bonds is 1. The third-order valence-corrected chi connectivity index (χ3v) is 3.22. The third-order valence-electron chi connectivity index (χ3n) is 2.72. The van der Waals surface area contributed by atoms with Crippen LogP contribution in [0.15, 0.2) is 51.5 Å². The van der Waals surface area contributed by atoms with Gasteiger partial charge in [0, 0.05) is 10.0 Å². The van der Waals surface area contributed by atoms with E-state index in [1.54, 1.807) is 0 Å². The number of fused-ring (bicyclic) bond motifs is 1. The molecule has 2 nitrogen and oxygen atoms in total. The summed E-state index contributed by atoms with van der Waals surface area (Å²) < 4.78 is 6.36. The van der Waals surface area contributed by atoms with E-state index in [2.05, 4.69) is 40.1 Å². The first kappa shape index (κ1) is 10.5. The van der Waals surface area contributed by atoms with Gasteiger partial charge < -0.3 is 4.52 Å². The molecule has 0 unspecified atom stereocenters. The molecular weight excluding hydrogens is 278 g/mol. The first-order chi connectivity index (χ1) is 8.24. The third kappa shape index (κ3) is 1.87. The summed E-state index contributed by atoms with van der Waals surface area (Å²) in [4.78, 5) is 0. The van der Waals surface area contributed by atoms with Crippen molar-refractivity contribution in [3.63, 3.8) is 0 Å². The highest BCUT2D eigenvalue weighted by atomic mass is 79.9. The zero-order valence-electron chi connectivity index (χ0n) is 9.27. The van der Waals surface area contributed by atoms with Gasteiger partial charge in [-0.15, -0.1) is 0 Å². The number of aryl methyl sites for hydroxylation is 1. The average Bonchev–Trinajstić information content (AvgIpc) is 2.71. The molecule has 0 spiro atoms. The van der Waals surface area contributed by atoms with Crippen molar-refractivity contribution in [1.29, 1.82) is 0 Å². The number of hydrogen-bond donors (Lipinski definition) is 0. The Kier molecular flexibility index (Phi) is 2.48. The molecule has 0 amide bonds. The minimum Gasteiger partial charge on any atom is -0.356 e. The van der Waals surface area contributed by atoms with Crippen LogP contribution in [0.5, 0.6) is 0 Å². The van der Waals surface area contributed by atoms with Gasteiger partial charge in [-0.2, -0.15) is 0 Å². The number of nitrogens with zero attached hydrogens (tertiary/aromatic N) is 1. The van der Waals surface area contributed by atoms with Gasteiger partial charge in [0.25, 0.3) is 0 Å². The molecule has 0 N–H and O–H groups in total. The van der Waals surface area contributed by atoms with Crippen LogP contribution in [0, 0.1) is 6.92 Å². The van der Waals surface area contributed by atoms with E-state index in [-0.39, 0.29) is 0 Å². The van der Waals surface area contributed by atoms with Gasteiger partial charge >= 0.3 is 0 Å². The summed E-state index contributed by atoms with van der Waals surface area (Å²) in [5.41, 5.74) is 4.00. The van der Waals surface area contributed by atoms with Gasteiger partial charge in [0.05, 0.1) is 5.39 Å². The normalized spacial score (nSPS) is 10.9. The maximum atomic E-state index is 5.33. The number of aromatic nitrogens is 1. The highest BCUT2D eigenvalue weighted by Gasteiger charge is 2.10. The second-order valence-corrected chi connectivity index (χ2v) is 4.96. The van der Waals surface area contributed by atoms with Gasteiger partial charge in [0.1, 0.15) is 5.69 Å². The molecule has 0 aliphatic carbocycles. The summed E-state index contributed by atoms with van der Waals surface area (Å²) >= 11 is 3.47. The second kappa shape index (κ2) is 4.00. The molecule has 0 aliphatic rings. The van der Waals surface area contributed by atoms with E-state index in [1.807, 2.05) is 30.3 Å².